The Labute approximate surface area is 58.2 Å². The van der Waals surface area contributed by atoms with E-state index in [1.165, 1.54) is 0 Å². The summed E-state index contributed by atoms with van der Waals surface area (Å²) in [4.78, 5) is 0. The van der Waals surface area contributed by atoms with E-state index in [0.29, 0.717) is 5.00 Å². The van der Waals surface area contributed by atoms with Crippen molar-refractivity contribution in [3.8, 4) is 0 Å². The Morgan fingerprint density at radius 2 is 1.75 bits per heavy atom. The van der Waals surface area contributed by atoms with Crippen LogP contribution >= 0.6 is 11.6 Å². The molecule has 0 aromatic heterocycles. The molecule has 0 radical (unpaired) electrons. The van der Waals surface area contributed by atoms with Gasteiger partial charge in [-0.05, 0) is 6.42 Å². The summed E-state index contributed by atoms with van der Waals surface area (Å²) >= 11 is 6.00. The number of rotatable bonds is 2. The summed E-state index contributed by atoms with van der Waals surface area (Å²) in [7, 11) is -0.995. The summed E-state index contributed by atoms with van der Waals surface area (Å²) in [6.07, 6.45) is 1.12. The molecule has 8 heavy (non-hydrogen) atoms. The standard InChI is InChI=1S/C6H15ClSi/c1-5-6(7)8(2,3)4/h6H,5H2,1-4H3/t6-/m0/s1. The first kappa shape index (κ1) is 8.51. The predicted molar refractivity (Wildman–Crippen MR) is 43.3 cm³/mol. The summed E-state index contributed by atoms with van der Waals surface area (Å²) in [5.41, 5.74) is 0. The van der Waals surface area contributed by atoms with Gasteiger partial charge in [0, 0.05) is 5.00 Å². The zero-order valence-electron chi connectivity index (χ0n) is 6.16. The maximum Gasteiger partial charge on any atom is 0.0648 e. The van der Waals surface area contributed by atoms with Crippen molar-refractivity contribution in [2.75, 3.05) is 0 Å². The van der Waals surface area contributed by atoms with Crippen LogP contribution in [0.15, 0.2) is 0 Å². The molecule has 0 unspecified atom stereocenters. The second kappa shape index (κ2) is 2.88. The highest BCUT2D eigenvalue weighted by Crippen LogP contribution is 2.16. The lowest BCUT2D eigenvalue weighted by Crippen LogP contribution is -2.33. The van der Waals surface area contributed by atoms with Crippen molar-refractivity contribution in [2.24, 2.45) is 0 Å². The quantitative estimate of drug-likeness (QED) is 0.420. The Morgan fingerprint density at radius 1 is 1.38 bits per heavy atom. The predicted octanol–water partition coefficient (Wildman–Crippen LogP) is 2.88. The fourth-order valence-electron chi connectivity index (χ4n) is 0.612. The molecule has 0 aromatic carbocycles. The first-order valence-electron chi connectivity index (χ1n) is 3.12. The molecule has 0 rings (SSSR count). The monoisotopic (exact) mass is 150 g/mol. The van der Waals surface area contributed by atoms with Crippen LogP contribution in [0.3, 0.4) is 0 Å². The lowest BCUT2D eigenvalue weighted by Gasteiger charge is -2.20. The van der Waals surface area contributed by atoms with E-state index in [2.05, 4.69) is 26.6 Å². The van der Waals surface area contributed by atoms with Crippen LogP contribution in [0.2, 0.25) is 19.6 Å². The minimum absolute atomic E-state index is 0.461. The van der Waals surface area contributed by atoms with Gasteiger partial charge in [0.05, 0.1) is 8.07 Å². The van der Waals surface area contributed by atoms with Crippen molar-refractivity contribution in [1.82, 2.24) is 0 Å². The Balaban J connectivity index is 3.62. The molecule has 0 N–H and O–H groups in total. The fourth-order valence-corrected chi connectivity index (χ4v) is 1.84. The maximum absolute atomic E-state index is 6.00. The van der Waals surface area contributed by atoms with Gasteiger partial charge in [-0.3, -0.25) is 0 Å². The topological polar surface area (TPSA) is 0 Å². The van der Waals surface area contributed by atoms with Crippen molar-refractivity contribution >= 4 is 19.7 Å². The van der Waals surface area contributed by atoms with Crippen LogP contribution in [0.4, 0.5) is 0 Å². The van der Waals surface area contributed by atoms with E-state index in [9.17, 15) is 0 Å². The molecule has 1 atom stereocenters. The van der Waals surface area contributed by atoms with Gasteiger partial charge in [-0.1, -0.05) is 26.6 Å². The van der Waals surface area contributed by atoms with E-state index >= 15 is 0 Å². The van der Waals surface area contributed by atoms with E-state index in [4.69, 9.17) is 11.6 Å². The Kier molecular flexibility index (Phi) is 3.06. The first-order valence-corrected chi connectivity index (χ1v) is 7.14. The van der Waals surface area contributed by atoms with Gasteiger partial charge in [-0.25, -0.2) is 0 Å². The molecule has 0 aromatic rings. The number of halogens is 1. The highest BCUT2D eigenvalue weighted by Gasteiger charge is 2.21. The van der Waals surface area contributed by atoms with Crippen LogP contribution in [-0.4, -0.2) is 13.1 Å². The Morgan fingerprint density at radius 3 is 1.75 bits per heavy atom. The van der Waals surface area contributed by atoms with Crippen molar-refractivity contribution in [1.29, 1.82) is 0 Å². The largest absolute Gasteiger partial charge is 0.127 e. The maximum atomic E-state index is 6.00. The molecular weight excluding hydrogens is 136 g/mol. The first-order chi connectivity index (χ1) is 3.48. The molecule has 0 bridgehead atoms. The van der Waals surface area contributed by atoms with Gasteiger partial charge < -0.3 is 0 Å². The molecule has 2 heteroatoms. The molecule has 0 spiro atoms. The van der Waals surface area contributed by atoms with Gasteiger partial charge >= 0.3 is 0 Å². The highest BCUT2D eigenvalue weighted by atomic mass is 35.5. The smallest absolute Gasteiger partial charge is 0.0648 e. The second-order valence-corrected chi connectivity index (χ2v) is 9.56. The average molecular weight is 151 g/mol. The summed E-state index contributed by atoms with van der Waals surface area (Å²) < 4.78 is 0. The van der Waals surface area contributed by atoms with Crippen LogP contribution in [0.25, 0.3) is 0 Å². The zero-order chi connectivity index (χ0) is 6.78. The molecule has 50 valence electrons. The number of alkyl halides is 1. The van der Waals surface area contributed by atoms with Gasteiger partial charge in [0.25, 0.3) is 0 Å². The van der Waals surface area contributed by atoms with Crippen molar-refractivity contribution < 1.29 is 0 Å². The van der Waals surface area contributed by atoms with Crippen LogP contribution < -0.4 is 0 Å². The van der Waals surface area contributed by atoms with E-state index in [0.717, 1.165) is 6.42 Å². The highest BCUT2D eigenvalue weighted by molar-refractivity contribution is 6.83. The zero-order valence-corrected chi connectivity index (χ0v) is 7.92. The normalized spacial score (nSPS) is 16.1. The Bertz CT molecular complexity index is 65.4. The van der Waals surface area contributed by atoms with Gasteiger partial charge in [-0.2, -0.15) is 0 Å². The molecule has 0 aliphatic carbocycles. The molecule has 0 nitrogen and oxygen atoms in total. The SMILES string of the molecule is CC[C@@H](Cl)[Si](C)(C)C. The minimum atomic E-state index is -0.995. The van der Waals surface area contributed by atoms with Gasteiger partial charge in [0.2, 0.25) is 0 Å². The molecule has 0 saturated heterocycles. The third kappa shape index (κ3) is 2.73. The molecule has 0 amide bonds. The molecule has 0 saturated carbocycles. The molecule has 0 fully saturated rings. The van der Waals surface area contributed by atoms with Gasteiger partial charge in [-0.15, -0.1) is 11.6 Å². The lowest BCUT2D eigenvalue weighted by molar-refractivity contribution is 1.000. The molecule has 0 heterocycles. The van der Waals surface area contributed by atoms with Gasteiger partial charge in [0.1, 0.15) is 0 Å². The summed E-state index contributed by atoms with van der Waals surface area (Å²) in [6, 6.07) is 0. The minimum Gasteiger partial charge on any atom is -0.127 e. The summed E-state index contributed by atoms with van der Waals surface area (Å²) in [6.45, 7) is 9.05. The summed E-state index contributed by atoms with van der Waals surface area (Å²) in [5.74, 6) is 0. The van der Waals surface area contributed by atoms with Crippen LogP contribution in [0.1, 0.15) is 13.3 Å². The van der Waals surface area contributed by atoms with Crippen molar-refractivity contribution in [3.63, 3.8) is 0 Å². The van der Waals surface area contributed by atoms with E-state index in [-0.39, 0.29) is 0 Å². The third-order valence-electron chi connectivity index (χ3n) is 1.30. The second-order valence-electron chi connectivity index (χ2n) is 3.24. The van der Waals surface area contributed by atoms with E-state index < -0.39 is 8.07 Å². The Hall–Kier alpha value is 0.507. The third-order valence-corrected chi connectivity index (χ3v) is 5.86. The number of hydrogen-bond donors (Lipinski definition) is 0. The summed E-state index contributed by atoms with van der Waals surface area (Å²) in [5, 5.41) is 0.461. The molecular formula is C6H15ClSi. The van der Waals surface area contributed by atoms with E-state index in [1.54, 1.807) is 0 Å². The lowest BCUT2D eigenvalue weighted by atomic mass is 10.6. The van der Waals surface area contributed by atoms with E-state index in [1.807, 2.05) is 0 Å². The van der Waals surface area contributed by atoms with Gasteiger partial charge in [0.15, 0.2) is 0 Å². The average Bonchev–Trinajstić information content (AvgIpc) is 1.62. The van der Waals surface area contributed by atoms with Crippen molar-refractivity contribution in [2.45, 2.75) is 38.0 Å². The fraction of sp³-hybridized carbons (Fsp3) is 1.00. The molecule has 0 aliphatic heterocycles. The van der Waals surface area contributed by atoms with Crippen LogP contribution in [0, 0.1) is 0 Å². The number of hydrogen-bond acceptors (Lipinski definition) is 0. The molecule has 0 aliphatic rings. The van der Waals surface area contributed by atoms with Crippen molar-refractivity contribution in [3.05, 3.63) is 0 Å². The van der Waals surface area contributed by atoms with Crippen LogP contribution in [-0.2, 0) is 0 Å². The van der Waals surface area contributed by atoms with Crippen LogP contribution in [0.5, 0.6) is 0 Å².